The Morgan fingerprint density at radius 1 is 0.920 bits per heavy atom. The van der Waals surface area contributed by atoms with Crippen molar-refractivity contribution in [3.63, 3.8) is 0 Å². The Morgan fingerprint density at radius 2 is 1.80 bits per heavy atom. The first kappa shape index (κ1) is 17.4. The van der Waals surface area contributed by atoms with E-state index in [4.69, 9.17) is 0 Å². The van der Waals surface area contributed by atoms with Crippen LogP contribution in [0.2, 0.25) is 0 Å². The third-order valence-electron chi connectivity index (χ3n) is 6.32. The van der Waals surface area contributed by atoms with Crippen molar-refractivity contribution in [1.82, 2.24) is 4.90 Å². The normalized spacial score (nSPS) is 30.0. The van der Waals surface area contributed by atoms with Gasteiger partial charge in [0.05, 0.1) is 6.04 Å². The van der Waals surface area contributed by atoms with Crippen molar-refractivity contribution < 1.29 is 0 Å². The second-order valence-corrected chi connectivity index (χ2v) is 8.86. The number of halogens is 1. The van der Waals surface area contributed by atoms with Crippen molar-refractivity contribution in [3.05, 3.63) is 58.3 Å². The van der Waals surface area contributed by atoms with Gasteiger partial charge in [0.1, 0.15) is 0 Å². The zero-order chi connectivity index (χ0) is 17.1. The van der Waals surface area contributed by atoms with E-state index in [9.17, 15) is 0 Å². The van der Waals surface area contributed by atoms with Gasteiger partial charge in [-0.2, -0.15) is 0 Å². The summed E-state index contributed by atoms with van der Waals surface area (Å²) < 4.78 is 1.24. The first-order valence-electron chi connectivity index (χ1n) is 10.2. The standard InChI is InChI=1S/C23H30BrN/c24-20-12-16-23(17-13-20)25(21-8-4-5-9-21)22-14-10-19(11-15-22)18-6-2-1-3-7-18/h2,6-7,12-14,16,19,21,23H,1,3-5,8-11,15,17H2. The number of allylic oxidation sites excluding steroid dienone is 8. The predicted octanol–water partition coefficient (Wildman–Crippen LogP) is 6.80. The lowest BCUT2D eigenvalue weighted by molar-refractivity contribution is 0.199. The summed E-state index contributed by atoms with van der Waals surface area (Å²) in [5.74, 6) is 0.752. The summed E-state index contributed by atoms with van der Waals surface area (Å²) in [7, 11) is 0. The number of hydrogen-bond acceptors (Lipinski definition) is 1. The van der Waals surface area contributed by atoms with Crippen LogP contribution in [0.1, 0.15) is 64.2 Å². The minimum absolute atomic E-state index is 0.556. The second kappa shape index (κ2) is 8.12. The van der Waals surface area contributed by atoms with Crippen LogP contribution in [-0.4, -0.2) is 17.0 Å². The highest BCUT2D eigenvalue weighted by Crippen LogP contribution is 2.38. The molecular weight excluding hydrogens is 370 g/mol. The van der Waals surface area contributed by atoms with E-state index in [2.05, 4.69) is 63.4 Å². The van der Waals surface area contributed by atoms with E-state index in [-0.39, 0.29) is 0 Å². The average molecular weight is 400 g/mol. The lowest BCUT2D eigenvalue weighted by Crippen LogP contribution is -2.41. The van der Waals surface area contributed by atoms with Crippen LogP contribution < -0.4 is 0 Å². The topological polar surface area (TPSA) is 3.24 Å². The number of rotatable bonds is 4. The zero-order valence-electron chi connectivity index (χ0n) is 15.2. The molecule has 2 heteroatoms. The molecule has 0 radical (unpaired) electrons. The smallest absolute Gasteiger partial charge is 0.0511 e. The zero-order valence-corrected chi connectivity index (χ0v) is 16.8. The molecule has 25 heavy (non-hydrogen) atoms. The van der Waals surface area contributed by atoms with Gasteiger partial charge in [0, 0.05) is 16.2 Å². The molecule has 0 saturated heterocycles. The van der Waals surface area contributed by atoms with Crippen LogP contribution in [0.3, 0.4) is 0 Å². The molecule has 0 N–H and O–H groups in total. The Bertz CT molecular complexity index is 630. The van der Waals surface area contributed by atoms with Crippen molar-refractivity contribution in [2.75, 3.05) is 0 Å². The molecule has 0 heterocycles. The summed E-state index contributed by atoms with van der Waals surface area (Å²) in [4.78, 5) is 2.81. The summed E-state index contributed by atoms with van der Waals surface area (Å²) in [6.45, 7) is 0. The van der Waals surface area contributed by atoms with Crippen molar-refractivity contribution in [3.8, 4) is 0 Å². The van der Waals surface area contributed by atoms with Crippen molar-refractivity contribution in [1.29, 1.82) is 0 Å². The molecule has 0 aliphatic heterocycles. The van der Waals surface area contributed by atoms with Crippen LogP contribution in [-0.2, 0) is 0 Å². The average Bonchev–Trinajstić information content (AvgIpc) is 3.19. The quantitative estimate of drug-likeness (QED) is 0.502. The largest absolute Gasteiger partial charge is 0.365 e. The van der Waals surface area contributed by atoms with Gasteiger partial charge in [-0.1, -0.05) is 71.3 Å². The maximum Gasteiger partial charge on any atom is 0.0511 e. The molecular formula is C23H30BrN. The molecule has 1 fully saturated rings. The van der Waals surface area contributed by atoms with E-state index in [0.717, 1.165) is 18.4 Å². The lowest BCUT2D eigenvalue weighted by atomic mass is 9.83. The molecule has 0 aromatic heterocycles. The Labute approximate surface area is 161 Å². The fourth-order valence-electron chi connectivity index (χ4n) is 4.98. The molecule has 4 rings (SSSR count). The summed E-state index contributed by atoms with van der Waals surface area (Å²) in [6, 6.07) is 1.32. The number of nitrogens with zero attached hydrogens (tertiary/aromatic N) is 1. The summed E-state index contributed by atoms with van der Waals surface area (Å²) in [5, 5.41) is 0. The minimum Gasteiger partial charge on any atom is -0.365 e. The molecule has 4 aliphatic carbocycles. The highest BCUT2D eigenvalue weighted by atomic mass is 79.9. The monoisotopic (exact) mass is 399 g/mol. The molecule has 0 aromatic rings. The van der Waals surface area contributed by atoms with E-state index in [1.807, 2.05) is 0 Å². The van der Waals surface area contributed by atoms with Gasteiger partial charge in [-0.25, -0.2) is 0 Å². The predicted molar refractivity (Wildman–Crippen MR) is 111 cm³/mol. The minimum atomic E-state index is 0.556. The second-order valence-electron chi connectivity index (χ2n) is 7.95. The third kappa shape index (κ3) is 4.05. The van der Waals surface area contributed by atoms with Gasteiger partial charge in [-0.15, -0.1) is 0 Å². The van der Waals surface area contributed by atoms with E-state index in [1.165, 1.54) is 62.3 Å². The highest BCUT2D eigenvalue weighted by Gasteiger charge is 2.31. The van der Waals surface area contributed by atoms with E-state index in [0.29, 0.717) is 6.04 Å². The molecule has 0 bridgehead atoms. The Balaban J connectivity index is 1.50. The summed E-state index contributed by atoms with van der Waals surface area (Å²) >= 11 is 3.62. The first-order valence-corrected chi connectivity index (χ1v) is 11.0. The molecule has 0 aromatic carbocycles. The summed E-state index contributed by atoms with van der Waals surface area (Å²) in [5.41, 5.74) is 3.23. The van der Waals surface area contributed by atoms with Crippen LogP contribution in [0.5, 0.6) is 0 Å². The molecule has 0 spiro atoms. The Morgan fingerprint density at radius 3 is 2.44 bits per heavy atom. The number of hydrogen-bond donors (Lipinski definition) is 0. The fraction of sp³-hybridized carbons (Fsp3) is 0.565. The van der Waals surface area contributed by atoms with Crippen molar-refractivity contribution in [2.45, 2.75) is 76.3 Å². The Hall–Kier alpha value is -1.02. The molecule has 1 nitrogen and oxygen atoms in total. The maximum atomic E-state index is 3.62. The van der Waals surface area contributed by atoms with Gasteiger partial charge >= 0.3 is 0 Å². The molecule has 0 amide bonds. The van der Waals surface area contributed by atoms with E-state index < -0.39 is 0 Å². The van der Waals surface area contributed by atoms with Crippen LogP contribution in [0.25, 0.3) is 0 Å². The lowest BCUT2D eigenvalue weighted by Gasteiger charge is -2.41. The van der Waals surface area contributed by atoms with Gasteiger partial charge in [0.15, 0.2) is 0 Å². The van der Waals surface area contributed by atoms with Crippen LogP contribution in [0.15, 0.2) is 58.3 Å². The van der Waals surface area contributed by atoms with Gasteiger partial charge < -0.3 is 4.90 Å². The van der Waals surface area contributed by atoms with Gasteiger partial charge in [0.2, 0.25) is 0 Å². The van der Waals surface area contributed by atoms with Crippen molar-refractivity contribution >= 4 is 15.9 Å². The molecule has 2 atom stereocenters. The third-order valence-corrected chi connectivity index (χ3v) is 6.91. The summed E-state index contributed by atoms with van der Waals surface area (Å²) in [6.07, 6.45) is 29.8. The molecule has 2 unspecified atom stereocenters. The molecule has 1 saturated carbocycles. The molecule has 134 valence electrons. The van der Waals surface area contributed by atoms with Crippen LogP contribution in [0.4, 0.5) is 0 Å². The fourth-order valence-corrected chi connectivity index (χ4v) is 5.32. The van der Waals surface area contributed by atoms with Crippen LogP contribution in [0, 0.1) is 5.92 Å². The molecule has 4 aliphatic rings. The van der Waals surface area contributed by atoms with Gasteiger partial charge in [-0.3, -0.25) is 0 Å². The first-order chi connectivity index (χ1) is 12.3. The van der Waals surface area contributed by atoms with Crippen molar-refractivity contribution in [2.24, 2.45) is 5.92 Å². The maximum absolute atomic E-state index is 3.62. The van der Waals surface area contributed by atoms with Gasteiger partial charge in [0.25, 0.3) is 0 Å². The van der Waals surface area contributed by atoms with Gasteiger partial charge in [-0.05, 0) is 62.9 Å². The Kier molecular flexibility index (Phi) is 5.65. The van der Waals surface area contributed by atoms with E-state index >= 15 is 0 Å². The highest BCUT2D eigenvalue weighted by molar-refractivity contribution is 9.11. The van der Waals surface area contributed by atoms with Crippen LogP contribution >= 0.6 is 15.9 Å². The SMILES string of the molecule is BrC1=CCC(N(C2=CCC(C3=CCCC=C3)CC2)C2CCCC2)C=C1. The van der Waals surface area contributed by atoms with E-state index in [1.54, 1.807) is 11.3 Å².